The Balaban J connectivity index is 2.12. The molecule has 0 bridgehead atoms. The van der Waals surface area contributed by atoms with Crippen LogP contribution in [0.3, 0.4) is 0 Å². The van der Waals surface area contributed by atoms with Gasteiger partial charge in [-0.1, -0.05) is 30.3 Å². The van der Waals surface area contributed by atoms with Crippen molar-refractivity contribution in [3.05, 3.63) is 60.2 Å². The highest BCUT2D eigenvalue weighted by molar-refractivity contribution is 5.34. The van der Waals surface area contributed by atoms with E-state index in [9.17, 15) is 0 Å². The molecule has 2 aromatic carbocycles. The van der Waals surface area contributed by atoms with Gasteiger partial charge in [0.2, 0.25) is 0 Å². The largest absolute Gasteiger partial charge is 0.457 e. The van der Waals surface area contributed by atoms with E-state index in [1.165, 1.54) is 0 Å². The smallest absolute Gasteiger partial charge is 0.127 e. The zero-order valence-corrected chi connectivity index (χ0v) is 9.21. The van der Waals surface area contributed by atoms with Gasteiger partial charge >= 0.3 is 0 Å². The molecule has 0 saturated carbocycles. The van der Waals surface area contributed by atoms with Gasteiger partial charge in [-0.25, -0.2) is 0 Å². The van der Waals surface area contributed by atoms with E-state index in [-0.39, 0.29) is 0 Å². The molecule has 0 aliphatic heterocycles. The summed E-state index contributed by atoms with van der Waals surface area (Å²) in [6.07, 6.45) is 0. The molecule has 1 atom stereocenters. The van der Waals surface area contributed by atoms with Crippen molar-refractivity contribution in [1.82, 2.24) is 0 Å². The number of ether oxygens (including phenoxy) is 1. The third kappa shape index (κ3) is 2.83. The lowest BCUT2D eigenvalue weighted by Crippen LogP contribution is -2.06. The van der Waals surface area contributed by atoms with E-state index in [1.807, 2.05) is 36.4 Å². The maximum absolute atomic E-state index is 8.69. The lowest BCUT2D eigenvalue weighted by Gasteiger charge is -2.07. The molecule has 0 aliphatic rings. The normalized spacial score (nSPS) is 11.5. The molecule has 0 spiro atoms. The summed E-state index contributed by atoms with van der Waals surface area (Å²) >= 11 is 0. The molecular weight excluding hydrogens is 212 g/mol. The first kappa shape index (κ1) is 11.2. The highest BCUT2D eigenvalue weighted by Crippen LogP contribution is 2.22. The molecule has 0 amide bonds. The van der Waals surface area contributed by atoms with Gasteiger partial charge < -0.3 is 10.5 Å². The van der Waals surface area contributed by atoms with Gasteiger partial charge in [-0.3, -0.25) is 0 Å². The summed E-state index contributed by atoms with van der Waals surface area (Å²) in [5.74, 6) is 1.51. The van der Waals surface area contributed by atoms with Crippen LogP contribution in [0.5, 0.6) is 11.5 Å². The zero-order chi connectivity index (χ0) is 12.1. The molecule has 0 aromatic heterocycles. The zero-order valence-electron chi connectivity index (χ0n) is 9.21. The fraction of sp³-hybridized carbons (Fsp3) is 0.0714. The second-order valence-corrected chi connectivity index (χ2v) is 3.59. The number of nitriles is 1. The Hall–Kier alpha value is -2.31. The van der Waals surface area contributed by atoms with Crippen molar-refractivity contribution >= 4 is 0 Å². The number of hydrogen-bond acceptors (Lipinski definition) is 3. The molecule has 0 aliphatic carbocycles. The van der Waals surface area contributed by atoms with Crippen LogP contribution in [0, 0.1) is 11.3 Å². The maximum Gasteiger partial charge on any atom is 0.127 e. The number of nitrogens with two attached hydrogens (primary N) is 1. The van der Waals surface area contributed by atoms with E-state index in [2.05, 4.69) is 0 Å². The molecule has 1 unspecified atom stereocenters. The van der Waals surface area contributed by atoms with E-state index in [0.29, 0.717) is 0 Å². The van der Waals surface area contributed by atoms with Crippen LogP contribution >= 0.6 is 0 Å². The second kappa shape index (κ2) is 5.15. The average molecular weight is 224 g/mol. The molecule has 0 radical (unpaired) electrons. The van der Waals surface area contributed by atoms with E-state index in [4.69, 9.17) is 15.7 Å². The van der Waals surface area contributed by atoms with Gasteiger partial charge in [-0.05, 0) is 29.8 Å². The molecule has 0 heterocycles. The van der Waals surface area contributed by atoms with Crippen molar-refractivity contribution in [3.8, 4) is 17.6 Å². The minimum absolute atomic E-state index is 0.583. The minimum Gasteiger partial charge on any atom is -0.457 e. The molecule has 2 N–H and O–H groups in total. The maximum atomic E-state index is 8.69. The van der Waals surface area contributed by atoms with Gasteiger partial charge in [-0.2, -0.15) is 5.26 Å². The van der Waals surface area contributed by atoms with E-state index in [1.54, 1.807) is 24.3 Å². The monoisotopic (exact) mass is 224 g/mol. The first-order valence-corrected chi connectivity index (χ1v) is 5.27. The summed E-state index contributed by atoms with van der Waals surface area (Å²) in [7, 11) is 0. The topological polar surface area (TPSA) is 59.0 Å². The van der Waals surface area contributed by atoms with Crippen molar-refractivity contribution in [2.75, 3.05) is 0 Å². The molecule has 17 heavy (non-hydrogen) atoms. The molecule has 84 valence electrons. The Labute approximate surface area is 100 Å². The molecule has 0 fully saturated rings. The molecular formula is C14H12N2O. The number of benzene rings is 2. The van der Waals surface area contributed by atoms with Crippen LogP contribution in [-0.4, -0.2) is 0 Å². The van der Waals surface area contributed by atoms with Crippen LogP contribution in [0.25, 0.3) is 0 Å². The highest BCUT2D eigenvalue weighted by Gasteiger charge is 2.03. The van der Waals surface area contributed by atoms with Crippen LogP contribution in [0.1, 0.15) is 11.6 Å². The van der Waals surface area contributed by atoms with Crippen LogP contribution in [0.15, 0.2) is 54.6 Å². The Morgan fingerprint density at radius 3 is 2.12 bits per heavy atom. The number of hydrogen-bond donors (Lipinski definition) is 1. The standard InChI is InChI=1S/C14H12N2O/c15-10-14(16)11-6-8-13(9-7-11)17-12-4-2-1-3-5-12/h1-9,14H,16H2. The van der Waals surface area contributed by atoms with Crippen molar-refractivity contribution < 1.29 is 4.74 Å². The molecule has 3 heteroatoms. The van der Waals surface area contributed by atoms with Crippen LogP contribution in [-0.2, 0) is 0 Å². The van der Waals surface area contributed by atoms with E-state index < -0.39 is 6.04 Å². The van der Waals surface area contributed by atoms with Gasteiger partial charge in [0.1, 0.15) is 17.5 Å². The summed E-state index contributed by atoms with van der Waals surface area (Å²) in [5.41, 5.74) is 6.38. The predicted molar refractivity (Wildman–Crippen MR) is 65.5 cm³/mol. The van der Waals surface area contributed by atoms with Gasteiger partial charge in [0.05, 0.1) is 6.07 Å². The van der Waals surface area contributed by atoms with Gasteiger partial charge in [0, 0.05) is 0 Å². The first-order valence-electron chi connectivity index (χ1n) is 5.27. The molecule has 2 aromatic rings. The molecule has 2 rings (SSSR count). The SMILES string of the molecule is N#CC(N)c1ccc(Oc2ccccc2)cc1. The number of nitrogens with zero attached hydrogens (tertiary/aromatic N) is 1. The Morgan fingerprint density at radius 1 is 0.941 bits per heavy atom. The third-order valence-corrected chi connectivity index (χ3v) is 2.36. The predicted octanol–water partition coefficient (Wildman–Crippen LogP) is 3.00. The average Bonchev–Trinajstić information content (AvgIpc) is 2.40. The Bertz CT molecular complexity index is 514. The summed E-state index contributed by atoms with van der Waals surface area (Å²) < 4.78 is 5.62. The lowest BCUT2D eigenvalue weighted by molar-refractivity contribution is 0.482. The summed E-state index contributed by atoms with van der Waals surface area (Å²) in [6, 6.07) is 18.1. The Morgan fingerprint density at radius 2 is 1.53 bits per heavy atom. The van der Waals surface area contributed by atoms with E-state index in [0.717, 1.165) is 17.1 Å². The fourth-order valence-corrected chi connectivity index (χ4v) is 1.44. The molecule has 3 nitrogen and oxygen atoms in total. The fourth-order valence-electron chi connectivity index (χ4n) is 1.44. The van der Waals surface area contributed by atoms with Crippen molar-refractivity contribution in [1.29, 1.82) is 5.26 Å². The van der Waals surface area contributed by atoms with Crippen molar-refractivity contribution in [2.24, 2.45) is 5.73 Å². The summed E-state index contributed by atoms with van der Waals surface area (Å²) in [6.45, 7) is 0. The quantitative estimate of drug-likeness (QED) is 0.871. The highest BCUT2D eigenvalue weighted by atomic mass is 16.5. The second-order valence-electron chi connectivity index (χ2n) is 3.59. The van der Waals surface area contributed by atoms with Crippen molar-refractivity contribution in [3.63, 3.8) is 0 Å². The van der Waals surface area contributed by atoms with Gasteiger partial charge in [0.15, 0.2) is 0 Å². The molecule has 0 saturated heterocycles. The minimum atomic E-state index is -0.583. The third-order valence-electron chi connectivity index (χ3n) is 2.36. The van der Waals surface area contributed by atoms with Gasteiger partial charge in [0.25, 0.3) is 0 Å². The van der Waals surface area contributed by atoms with Crippen LogP contribution in [0.2, 0.25) is 0 Å². The summed E-state index contributed by atoms with van der Waals surface area (Å²) in [5, 5.41) is 8.69. The summed E-state index contributed by atoms with van der Waals surface area (Å²) in [4.78, 5) is 0. The lowest BCUT2D eigenvalue weighted by atomic mass is 10.1. The number of para-hydroxylation sites is 1. The van der Waals surface area contributed by atoms with Gasteiger partial charge in [-0.15, -0.1) is 0 Å². The number of rotatable bonds is 3. The van der Waals surface area contributed by atoms with E-state index >= 15 is 0 Å². The first-order chi connectivity index (χ1) is 8.29. The Kier molecular flexibility index (Phi) is 3.39. The van der Waals surface area contributed by atoms with Crippen molar-refractivity contribution in [2.45, 2.75) is 6.04 Å². The van der Waals surface area contributed by atoms with Crippen LogP contribution < -0.4 is 10.5 Å². The van der Waals surface area contributed by atoms with Crippen LogP contribution in [0.4, 0.5) is 0 Å².